The summed E-state index contributed by atoms with van der Waals surface area (Å²) in [7, 11) is 1.07. The van der Waals surface area contributed by atoms with Crippen molar-refractivity contribution in [3.05, 3.63) is 41.3 Å². The number of azo groups is 1. The lowest BCUT2D eigenvalue weighted by Crippen LogP contribution is -2.05. The maximum Gasteiger partial charge on any atom is 0.416 e. The summed E-state index contributed by atoms with van der Waals surface area (Å²) in [6, 6.07) is 4.09. The average molecular weight is 288 g/mol. The molecule has 1 aromatic carbocycles. The van der Waals surface area contributed by atoms with Crippen molar-refractivity contribution in [2.75, 3.05) is 7.11 Å². The Morgan fingerprint density at radius 1 is 1.35 bits per heavy atom. The first-order valence-electron chi connectivity index (χ1n) is 5.33. The number of hydrogen-bond donors (Lipinski definition) is 1. The first kappa shape index (κ1) is 15.7. The van der Waals surface area contributed by atoms with Crippen LogP contribution in [0.2, 0.25) is 0 Å². The fraction of sp³-hybridized carbons (Fsp3) is 0.250. The SMILES string of the molecule is COC(=O)/C(N=Nc1cccc(C(F)(F)F)c1)=C(\C)O. The molecule has 8 heteroatoms. The number of hydrogen-bond acceptors (Lipinski definition) is 5. The number of aliphatic hydroxyl groups excluding tert-OH is 1. The first-order valence-corrected chi connectivity index (χ1v) is 5.33. The minimum absolute atomic E-state index is 0.109. The summed E-state index contributed by atoms with van der Waals surface area (Å²) in [6.07, 6.45) is -4.50. The number of allylic oxidation sites excluding steroid dienone is 1. The number of carbonyl (C=O) groups is 1. The predicted molar refractivity (Wildman–Crippen MR) is 63.3 cm³/mol. The van der Waals surface area contributed by atoms with Crippen LogP contribution < -0.4 is 0 Å². The average Bonchev–Trinajstić information content (AvgIpc) is 2.37. The summed E-state index contributed by atoms with van der Waals surface area (Å²) >= 11 is 0. The third-order valence-corrected chi connectivity index (χ3v) is 2.16. The number of rotatable bonds is 3. The van der Waals surface area contributed by atoms with Crippen molar-refractivity contribution < 1.29 is 27.8 Å². The number of ether oxygens (including phenoxy) is 1. The van der Waals surface area contributed by atoms with Crippen molar-refractivity contribution in [2.24, 2.45) is 10.2 Å². The number of carbonyl (C=O) groups excluding carboxylic acids is 1. The van der Waals surface area contributed by atoms with Gasteiger partial charge in [0.1, 0.15) is 5.76 Å². The molecule has 108 valence electrons. The van der Waals surface area contributed by atoms with Crippen LogP contribution in [0.15, 0.2) is 46.0 Å². The molecule has 0 bridgehead atoms. The van der Waals surface area contributed by atoms with Gasteiger partial charge in [-0.1, -0.05) is 6.07 Å². The molecule has 0 aliphatic carbocycles. The zero-order valence-corrected chi connectivity index (χ0v) is 10.6. The summed E-state index contributed by atoms with van der Waals surface area (Å²) in [5.41, 5.74) is -1.48. The van der Waals surface area contributed by atoms with Crippen molar-refractivity contribution in [2.45, 2.75) is 13.1 Å². The first-order chi connectivity index (χ1) is 9.25. The maximum absolute atomic E-state index is 12.5. The van der Waals surface area contributed by atoms with E-state index in [1.807, 2.05) is 0 Å². The summed E-state index contributed by atoms with van der Waals surface area (Å²) in [5.74, 6) is -1.40. The molecule has 20 heavy (non-hydrogen) atoms. The van der Waals surface area contributed by atoms with E-state index in [1.54, 1.807) is 0 Å². The quantitative estimate of drug-likeness (QED) is 0.398. The van der Waals surface area contributed by atoms with Crippen LogP contribution in [-0.2, 0) is 15.7 Å². The lowest BCUT2D eigenvalue weighted by Gasteiger charge is -2.06. The topological polar surface area (TPSA) is 71.2 Å². The van der Waals surface area contributed by atoms with Crippen LogP contribution in [0.1, 0.15) is 12.5 Å². The summed E-state index contributed by atoms with van der Waals surface area (Å²) in [6.45, 7) is 1.18. The molecular weight excluding hydrogens is 277 g/mol. The number of esters is 1. The van der Waals surface area contributed by atoms with E-state index in [1.165, 1.54) is 13.0 Å². The minimum Gasteiger partial charge on any atom is -0.510 e. The number of aliphatic hydroxyl groups is 1. The van der Waals surface area contributed by atoms with Gasteiger partial charge in [0.25, 0.3) is 0 Å². The highest BCUT2D eigenvalue weighted by atomic mass is 19.4. The van der Waals surface area contributed by atoms with Gasteiger partial charge in [-0.05, 0) is 25.1 Å². The largest absolute Gasteiger partial charge is 0.510 e. The van der Waals surface area contributed by atoms with Crippen LogP contribution in [0.5, 0.6) is 0 Å². The van der Waals surface area contributed by atoms with Gasteiger partial charge in [0.2, 0.25) is 5.70 Å². The van der Waals surface area contributed by atoms with Gasteiger partial charge in [-0.2, -0.15) is 18.3 Å². The van der Waals surface area contributed by atoms with E-state index < -0.39 is 29.2 Å². The van der Waals surface area contributed by atoms with Crippen LogP contribution in [0.25, 0.3) is 0 Å². The van der Waals surface area contributed by atoms with Gasteiger partial charge in [-0.15, -0.1) is 5.11 Å². The number of nitrogens with zero attached hydrogens (tertiary/aromatic N) is 2. The van der Waals surface area contributed by atoms with E-state index in [0.29, 0.717) is 0 Å². The second-order valence-electron chi connectivity index (χ2n) is 3.67. The molecule has 0 radical (unpaired) electrons. The number of methoxy groups -OCH3 is 1. The fourth-order valence-corrected chi connectivity index (χ4v) is 1.21. The van der Waals surface area contributed by atoms with Crippen LogP contribution >= 0.6 is 0 Å². The summed E-state index contributed by atoms with van der Waals surface area (Å²) in [5, 5.41) is 16.1. The van der Waals surface area contributed by atoms with Gasteiger partial charge in [-0.3, -0.25) is 0 Å². The zero-order chi connectivity index (χ0) is 15.3. The van der Waals surface area contributed by atoms with E-state index in [-0.39, 0.29) is 5.69 Å². The van der Waals surface area contributed by atoms with E-state index in [0.717, 1.165) is 25.3 Å². The molecule has 0 heterocycles. The fourth-order valence-electron chi connectivity index (χ4n) is 1.21. The molecule has 1 rings (SSSR count). The van der Waals surface area contributed by atoms with E-state index >= 15 is 0 Å². The Morgan fingerprint density at radius 2 is 2.00 bits per heavy atom. The van der Waals surface area contributed by atoms with Gasteiger partial charge in [0.15, 0.2) is 0 Å². The van der Waals surface area contributed by atoms with Crippen LogP contribution in [0, 0.1) is 0 Å². The Bertz CT molecular complexity index is 561. The molecule has 0 aliphatic rings. The minimum atomic E-state index is -4.50. The van der Waals surface area contributed by atoms with Crippen molar-refractivity contribution in [1.82, 2.24) is 0 Å². The molecule has 0 atom stereocenters. The second-order valence-corrected chi connectivity index (χ2v) is 3.67. The lowest BCUT2D eigenvalue weighted by molar-refractivity contribution is -0.138. The van der Waals surface area contributed by atoms with E-state index in [9.17, 15) is 23.1 Å². The molecule has 0 amide bonds. The molecule has 0 saturated heterocycles. The highest BCUT2D eigenvalue weighted by Gasteiger charge is 2.30. The molecule has 0 fully saturated rings. The smallest absolute Gasteiger partial charge is 0.416 e. The monoisotopic (exact) mass is 288 g/mol. The Hall–Kier alpha value is -2.38. The molecule has 0 spiro atoms. The molecule has 0 unspecified atom stereocenters. The number of alkyl halides is 3. The van der Waals surface area contributed by atoms with Crippen molar-refractivity contribution >= 4 is 11.7 Å². The lowest BCUT2D eigenvalue weighted by atomic mass is 10.2. The Balaban J connectivity index is 3.07. The summed E-state index contributed by atoms with van der Waals surface area (Å²) in [4.78, 5) is 11.2. The normalized spacial score (nSPS) is 13.2. The van der Waals surface area contributed by atoms with Gasteiger partial charge in [0.05, 0.1) is 18.4 Å². The third-order valence-electron chi connectivity index (χ3n) is 2.16. The maximum atomic E-state index is 12.5. The Labute approximate surface area is 112 Å². The van der Waals surface area contributed by atoms with Crippen molar-refractivity contribution in [3.63, 3.8) is 0 Å². The molecule has 0 saturated carbocycles. The van der Waals surface area contributed by atoms with Crippen LogP contribution in [0.3, 0.4) is 0 Å². The van der Waals surface area contributed by atoms with Crippen LogP contribution in [-0.4, -0.2) is 18.2 Å². The number of halogens is 3. The molecule has 1 N–H and O–H groups in total. The number of benzene rings is 1. The highest BCUT2D eigenvalue weighted by Crippen LogP contribution is 2.31. The highest BCUT2D eigenvalue weighted by molar-refractivity contribution is 5.88. The van der Waals surface area contributed by atoms with Gasteiger partial charge < -0.3 is 9.84 Å². The molecule has 0 aromatic heterocycles. The Morgan fingerprint density at radius 3 is 2.50 bits per heavy atom. The van der Waals surface area contributed by atoms with Crippen molar-refractivity contribution in [1.29, 1.82) is 0 Å². The van der Waals surface area contributed by atoms with E-state index in [2.05, 4.69) is 15.0 Å². The zero-order valence-electron chi connectivity index (χ0n) is 10.6. The van der Waals surface area contributed by atoms with Crippen LogP contribution in [0.4, 0.5) is 18.9 Å². The molecule has 5 nitrogen and oxygen atoms in total. The van der Waals surface area contributed by atoms with Gasteiger partial charge in [-0.25, -0.2) is 4.79 Å². The Kier molecular flexibility index (Phi) is 4.84. The van der Waals surface area contributed by atoms with E-state index in [4.69, 9.17) is 0 Å². The molecule has 1 aromatic rings. The predicted octanol–water partition coefficient (Wildman–Crippen LogP) is 3.75. The summed E-state index contributed by atoms with van der Waals surface area (Å²) < 4.78 is 41.8. The third kappa shape index (κ3) is 4.08. The second kappa shape index (κ2) is 6.18. The molecule has 0 aliphatic heterocycles. The van der Waals surface area contributed by atoms with Gasteiger partial charge in [0, 0.05) is 0 Å². The molecular formula is C12H11F3N2O3. The standard InChI is InChI=1S/C12H11F3N2O3/c1-7(18)10(11(19)20-2)17-16-9-5-3-4-8(6-9)12(13,14)15/h3-6,18H,1-2H3/b10-7-,17-16?. The van der Waals surface area contributed by atoms with Gasteiger partial charge >= 0.3 is 12.1 Å². The van der Waals surface area contributed by atoms with Crippen molar-refractivity contribution in [3.8, 4) is 0 Å².